The zero-order valence-corrected chi connectivity index (χ0v) is 11.8. The molecule has 0 bridgehead atoms. The molecule has 106 valence electrons. The highest BCUT2D eigenvalue weighted by atomic mass is 16.5. The lowest BCUT2D eigenvalue weighted by molar-refractivity contribution is -0.136. The Morgan fingerprint density at radius 3 is 2.53 bits per heavy atom. The number of hydrogen-bond donors (Lipinski definition) is 2. The molecule has 0 fully saturated rings. The van der Waals surface area contributed by atoms with E-state index in [-0.39, 0.29) is 5.91 Å². The maximum atomic E-state index is 11.5. The predicted molar refractivity (Wildman–Crippen MR) is 72.6 cm³/mol. The first-order valence-electron chi connectivity index (χ1n) is 6.10. The standard InChI is InChI=1S/C14H21NO4/c1-14(2,17)13(16)15-8-7-10-5-6-11(18-3)9-12(10)19-4/h5-6,9,17H,7-8H2,1-4H3,(H,15,16). The van der Waals surface area contributed by atoms with Gasteiger partial charge >= 0.3 is 0 Å². The van der Waals surface area contributed by atoms with Gasteiger partial charge in [0.15, 0.2) is 0 Å². The number of ether oxygens (including phenoxy) is 2. The summed E-state index contributed by atoms with van der Waals surface area (Å²) >= 11 is 0. The van der Waals surface area contributed by atoms with Crippen molar-refractivity contribution in [1.29, 1.82) is 0 Å². The molecule has 0 aliphatic rings. The van der Waals surface area contributed by atoms with Crippen LogP contribution in [-0.2, 0) is 11.2 Å². The molecule has 1 aromatic carbocycles. The van der Waals surface area contributed by atoms with Crippen molar-refractivity contribution in [2.24, 2.45) is 0 Å². The van der Waals surface area contributed by atoms with E-state index < -0.39 is 5.60 Å². The lowest BCUT2D eigenvalue weighted by Gasteiger charge is -2.17. The van der Waals surface area contributed by atoms with E-state index in [1.807, 2.05) is 12.1 Å². The molecule has 0 atom stereocenters. The van der Waals surface area contributed by atoms with Gasteiger partial charge in [-0.2, -0.15) is 0 Å². The topological polar surface area (TPSA) is 67.8 Å². The summed E-state index contributed by atoms with van der Waals surface area (Å²) < 4.78 is 10.4. The zero-order chi connectivity index (χ0) is 14.5. The van der Waals surface area contributed by atoms with Crippen molar-refractivity contribution < 1.29 is 19.4 Å². The molecule has 0 aliphatic carbocycles. The maximum Gasteiger partial charge on any atom is 0.251 e. The van der Waals surface area contributed by atoms with Gasteiger partial charge < -0.3 is 19.9 Å². The molecule has 1 aromatic rings. The SMILES string of the molecule is COc1ccc(CCNC(=O)C(C)(C)O)c(OC)c1. The number of nitrogens with one attached hydrogen (secondary N) is 1. The minimum Gasteiger partial charge on any atom is -0.497 e. The third-order valence-electron chi connectivity index (χ3n) is 2.73. The molecule has 0 saturated heterocycles. The summed E-state index contributed by atoms with van der Waals surface area (Å²) in [7, 11) is 3.19. The molecule has 5 nitrogen and oxygen atoms in total. The van der Waals surface area contributed by atoms with Gasteiger partial charge in [0.05, 0.1) is 14.2 Å². The van der Waals surface area contributed by atoms with Crippen molar-refractivity contribution in [2.45, 2.75) is 25.9 Å². The zero-order valence-electron chi connectivity index (χ0n) is 11.8. The van der Waals surface area contributed by atoms with E-state index in [2.05, 4.69) is 5.32 Å². The molecule has 0 saturated carbocycles. The van der Waals surface area contributed by atoms with Gasteiger partial charge in [-0.25, -0.2) is 0 Å². The van der Waals surface area contributed by atoms with Gasteiger partial charge in [-0.05, 0) is 31.9 Å². The van der Waals surface area contributed by atoms with Crippen LogP contribution < -0.4 is 14.8 Å². The highest BCUT2D eigenvalue weighted by Crippen LogP contribution is 2.24. The second-order valence-electron chi connectivity index (χ2n) is 4.74. The van der Waals surface area contributed by atoms with E-state index >= 15 is 0 Å². The average Bonchev–Trinajstić information content (AvgIpc) is 2.37. The Hall–Kier alpha value is -1.75. The molecule has 0 spiro atoms. The highest BCUT2D eigenvalue weighted by Gasteiger charge is 2.22. The van der Waals surface area contributed by atoms with Crippen LogP contribution in [0.25, 0.3) is 0 Å². The number of carbonyl (C=O) groups excluding carboxylic acids is 1. The predicted octanol–water partition coefficient (Wildman–Crippen LogP) is 1.13. The lowest BCUT2D eigenvalue weighted by atomic mass is 10.1. The van der Waals surface area contributed by atoms with Crippen molar-refractivity contribution in [3.8, 4) is 11.5 Å². The van der Waals surface area contributed by atoms with E-state index in [1.54, 1.807) is 20.3 Å². The van der Waals surface area contributed by atoms with Crippen molar-refractivity contribution in [1.82, 2.24) is 5.32 Å². The normalized spacial score (nSPS) is 11.0. The smallest absolute Gasteiger partial charge is 0.251 e. The van der Waals surface area contributed by atoms with Crippen LogP contribution in [0.2, 0.25) is 0 Å². The van der Waals surface area contributed by atoms with E-state index in [4.69, 9.17) is 9.47 Å². The van der Waals surface area contributed by atoms with Crippen LogP contribution in [0.3, 0.4) is 0 Å². The molecule has 0 aromatic heterocycles. The number of rotatable bonds is 6. The fraction of sp³-hybridized carbons (Fsp3) is 0.500. The molecule has 0 heterocycles. The molecule has 0 radical (unpaired) electrons. The van der Waals surface area contributed by atoms with Gasteiger partial charge in [0.25, 0.3) is 5.91 Å². The van der Waals surface area contributed by atoms with E-state index in [0.717, 1.165) is 17.1 Å². The molecule has 5 heteroatoms. The summed E-state index contributed by atoms with van der Waals surface area (Å²) in [5, 5.41) is 12.2. The Morgan fingerprint density at radius 2 is 2.00 bits per heavy atom. The Kier molecular flexibility index (Phi) is 5.18. The first-order valence-corrected chi connectivity index (χ1v) is 6.10. The van der Waals surface area contributed by atoms with Crippen LogP contribution in [0.15, 0.2) is 18.2 Å². The van der Waals surface area contributed by atoms with Gasteiger partial charge in [-0.15, -0.1) is 0 Å². The molecule has 0 unspecified atom stereocenters. The number of carbonyl (C=O) groups is 1. The Balaban J connectivity index is 2.61. The van der Waals surface area contributed by atoms with Crippen LogP contribution >= 0.6 is 0 Å². The molecule has 19 heavy (non-hydrogen) atoms. The quantitative estimate of drug-likeness (QED) is 0.811. The van der Waals surface area contributed by atoms with Crippen molar-refractivity contribution in [3.05, 3.63) is 23.8 Å². The number of aliphatic hydroxyl groups is 1. The minimum absolute atomic E-state index is 0.389. The van der Waals surface area contributed by atoms with Crippen LogP contribution in [-0.4, -0.2) is 37.4 Å². The summed E-state index contributed by atoms with van der Waals surface area (Å²) in [6.45, 7) is 3.35. The maximum absolute atomic E-state index is 11.5. The molecule has 1 amide bonds. The van der Waals surface area contributed by atoms with Gasteiger partial charge in [0, 0.05) is 12.6 Å². The first-order chi connectivity index (χ1) is 8.88. The molecule has 2 N–H and O–H groups in total. The number of hydrogen-bond acceptors (Lipinski definition) is 4. The molecule has 1 rings (SSSR count). The summed E-state index contributed by atoms with van der Waals surface area (Å²) in [4.78, 5) is 11.5. The number of amides is 1. The van der Waals surface area contributed by atoms with Crippen LogP contribution in [0, 0.1) is 0 Å². The van der Waals surface area contributed by atoms with Gasteiger partial charge in [-0.1, -0.05) is 6.07 Å². The highest BCUT2D eigenvalue weighted by molar-refractivity contribution is 5.83. The van der Waals surface area contributed by atoms with E-state index in [9.17, 15) is 9.90 Å². The second kappa shape index (κ2) is 6.43. The Bertz CT molecular complexity index is 438. The molecular weight excluding hydrogens is 246 g/mol. The summed E-state index contributed by atoms with van der Waals surface area (Å²) in [6.07, 6.45) is 0.620. The van der Waals surface area contributed by atoms with Crippen LogP contribution in [0.5, 0.6) is 11.5 Å². The fourth-order valence-corrected chi connectivity index (χ4v) is 1.59. The van der Waals surface area contributed by atoms with Crippen molar-refractivity contribution >= 4 is 5.91 Å². The summed E-state index contributed by atoms with van der Waals surface area (Å²) in [5.74, 6) is 1.05. The van der Waals surface area contributed by atoms with E-state index in [1.165, 1.54) is 13.8 Å². The largest absolute Gasteiger partial charge is 0.497 e. The summed E-state index contributed by atoms with van der Waals surface area (Å²) in [6, 6.07) is 5.54. The third kappa shape index (κ3) is 4.44. The van der Waals surface area contributed by atoms with Crippen molar-refractivity contribution in [3.63, 3.8) is 0 Å². The molecular formula is C14H21NO4. The van der Waals surface area contributed by atoms with Gasteiger partial charge in [0.2, 0.25) is 0 Å². The fourth-order valence-electron chi connectivity index (χ4n) is 1.59. The minimum atomic E-state index is -1.36. The van der Waals surface area contributed by atoms with Crippen LogP contribution in [0.1, 0.15) is 19.4 Å². The third-order valence-corrected chi connectivity index (χ3v) is 2.73. The van der Waals surface area contributed by atoms with Gasteiger partial charge in [0.1, 0.15) is 17.1 Å². The number of benzene rings is 1. The average molecular weight is 267 g/mol. The Morgan fingerprint density at radius 1 is 1.32 bits per heavy atom. The monoisotopic (exact) mass is 267 g/mol. The van der Waals surface area contributed by atoms with Gasteiger partial charge in [-0.3, -0.25) is 4.79 Å². The lowest BCUT2D eigenvalue weighted by Crippen LogP contribution is -2.42. The first kappa shape index (κ1) is 15.3. The van der Waals surface area contributed by atoms with Crippen molar-refractivity contribution in [2.75, 3.05) is 20.8 Å². The Labute approximate surface area is 113 Å². The van der Waals surface area contributed by atoms with Crippen LogP contribution in [0.4, 0.5) is 0 Å². The second-order valence-corrected chi connectivity index (χ2v) is 4.74. The summed E-state index contributed by atoms with van der Waals surface area (Å²) in [5.41, 5.74) is -0.386. The number of methoxy groups -OCH3 is 2. The van der Waals surface area contributed by atoms with E-state index in [0.29, 0.717) is 13.0 Å². The molecule has 0 aliphatic heterocycles.